The summed E-state index contributed by atoms with van der Waals surface area (Å²) in [5.41, 5.74) is 1.88. The summed E-state index contributed by atoms with van der Waals surface area (Å²) in [4.78, 5) is 13.3. The summed E-state index contributed by atoms with van der Waals surface area (Å²) in [5, 5.41) is 9.37. The minimum Gasteiger partial charge on any atom is -0.477 e. The zero-order valence-electron chi connectivity index (χ0n) is 7.70. The maximum absolute atomic E-state index is 10.7. The number of carboxylic acid groups (broad SMARTS) is 1. The van der Waals surface area contributed by atoms with Crippen molar-refractivity contribution >= 4 is 17.6 Å². The van der Waals surface area contributed by atoms with Gasteiger partial charge in [0, 0.05) is 16.8 Å². The molecule has 0 bridgehead atoms. The number of H-pyrrole nitrogens is 1. The van der Waals surface area contributed by atoms with Crippen LogP contribution in [0.25, 0.3) is 11.1 Å². The second kappa shape index (κ2) is 3.79. The van der Waals surface area contributed by atoms with E-state index in [0.29, 0.717) is 5.02 Å². The Kier molecular flexibility index (Phi) is 2.47. The molecule has 4 heteroatoms. The summed E-state index contributed by atoms with van der Waals surface area (Å²) in [6.45, 7) is 0. The van der Waals surface area contributed by atoms with Gasteiger partial charge in [-0.3, -0.25) is 0 Å². The van der Waals surface area contributed by atoms with Crippen LogP contribution < -0.4 is 0 Å². The second-order valence-electron chi connectivity index (χ2n) is 3.12. The molecule has 2 rings (SSSR count). The topological polar surface area (TPSA) is 53.1 Å². The van der Waals surface area contributed by atoms with E-state index >= 15 is 0 Å². The molecule has 76 valence electrons. The molecule has 3 nitrogen and oxygen atoms in total. The number of aromatic amines is 1. The van der Waals surface area contributed by atoms with Gasteiger partial charge in [0.2, 0.25) is 0 Å². The van der Waals surface area contributed by atoms with Crippen molar-refractivity contribution in [3.63, 3.8) is 0 Å². The Morgan fingerprint density at radius 1 is 1.27 bits per heavy atom. The van der Waals surface area contributed by atoms with E-state index in [1.54, 1.807) is 24.4 Å². The first kappa shape index (κ1) is 9.80. The normalized spacial score (nSPS) is 10.2. The zero-order chi connectivity index (χ0) is 10.8. The first-order valence-electron chi connectivity index (χ1n) is 4.34. The van der Waals surface area contributed by atoms with Gasteiger partial charge in [0.05, 0.1) is 0 Å². The number of halogens is 1. The van der Waals surface area contributed by atoms with E-state index in [1.807, 2.05) is 12.1 Å². The Morgan fingerprint density at radius 2 is 2.07 bits per heavy atom. The molecular formula is C11H8ClNO2. The first-order chi connectivity index (χ1) is 7.16. The lowest BCUT2D eigenvalue weighted by molar-refractivity contribution is 0.0691. The Labute approximate surface area is 91.3 Å². The highest BCUT2D eigenvalue weighted by atomic mass is 35.5. The zero-order valence-corrected chi connectivity index (χ0v) is 8.45. The Morgan fingerprint density at radius 3 is 2.67 bits per heavy atom. The van der Waals surface area contributed by atoms with Gasteiger partial charge >= 0.3 is 5.97 Å². The molecule has 0 unspecified atom stereocenters. The molecule has 15 heavy (non-hydrogen) atoms. The van der Waals surface area contributed by atoms with Crippen LogP contribution in [-0.4, -0.2) is 16.1 Å². The average Bonchev–Trinajstić information content (AvgIpc) is 2.66. The van der Waals surface area contributed by atoms with Crippen LogP contribution in [0.1, 0.15) is 10.5 Å². The fourth-order valence-electron chi connectivity index (χ4n) is 1.35. The minimum atomic E-state index is -0.969. The van der Waals surface area contributed by atoms with Gasteiger partial charge < -0.3 is 10.1 Å². The Balaban J connectivity index is 2.41. The number of hydrogen-bond acceptors (Lipinski definition) is 1. The van der Waals surface area contributed by atoms with Gasteiger partial charge in [-0.1, -0.05) is 23.7 Å². The van der Waals surface area contributed by atoms with E-state index < -0.39 is 5.97 Å². The fourth-order valence-corrected chi connectivity index (χ4v) is 1.54. The molecule has 0 aliphatic rings. The van der Waals surface area contributed by atoms with Gasteiger partial charge in [0.15, 0.2) is 0 Å². The molecule has 1 heterocycles. The predicted molar refractivity (Wildman–Crippen MR) is 58.2 cm³/mol. The van der Waals surface area contributed by atoms with Crippen LogP contribution in [0, 0.1) is 0 Å². The lowest BCUT2D eigenvalue weighted by Gasteiger charge is -1.96. The van der Waals surface area contributed by atoms with E-state index in [0.717, 1.165) is 11.1 Å². The summed E-state index contributed by atoms with van der Waals surface area (Å²) < 4.78 is 0. The number of nitrogens with one attached hydrogen (secondary N) is 1. The largest absolute Gasteiger partial charge is 0.477 e. The maximum atomic E-state index is 10.7. The number of aromatic nitrogens is 1. The number of carbonyl (C=O) groups is 1. The van der Waals surface area contributed by atoms with Crippen LogP contribution >= 0.6 is 11.6 Å². The Hall–Kier alpha value is -1.74. The van der Waals surface area contributed by atoms with E-state index in [2.05, 4.69) is 4.98 Å². The van der Waals surface area contributed by atoms with Crippen molar-refractivity contribution in [1.82, 2.24) is 4.98 Å². The third-order valence-electron chi connectivity index (χ3n) is 2.07. The van der Waals surface area contributed by atoms with Crippen molar-refractivity contribution in [3.05, 3.63) is 47.2 Å². The molecule has 0 amide bonds. The fraction of sp³-hybridized carbons (Fsp3) is 0. The van der Waals surface area contributed by atoms with Crippen molar-refractivity contribution in [2.75, 3.05) is 0 Å². The maximum Gasteiger partial charge on any atom is 0.352 e. The molecular weight excluding hydrogens is 214 g/mol. The van der Waals surface area contributed by atoms with E-state index in [1.165, 1.54) is 0 Å². The van der Waals surface area contributed by atoms with Crippen LogP contribution in [0.4, 0.5) is 0 Å². The van der Waals surface area contributed by atoms with Crippen molar-refractivity contribution < 1.29 is 9.90 Å². The summed E-state index contributed by atoms with van der Waals surface area (Å²) in [5.74, 6) is -0.969. The monoisotopic (exact) mass is 221 g/mol. The molecule has 0 radical (unpaired) electrons. The SMILES string of the molecule is O=C(O)c1cc(-c2cccc(Cl)c2)c[nH]1. The molecule has 1 aromatic heterocycles. The quantitative estimate of drug-likeness (QED) is 0.819. The van der Waals surface area contributed by atoms with Gasteiger partial charge in [-0.2, -0.15) is 0 Å². The molecule has 0 saturated carbocycles. The third kappa shape index (κ3) is 2.02. The minimum absolute atomic E-state index is 0.171. The number of hydrogen-bond donors (Lipinski definition) is 2. The molecule has 0 saturated heterocycles. The number of benzene rings is 1. The number of carboxylic acids is 1. The Bertz CT molecular complexity index is 505. The smallest absolute Gasteiger partial charge is 0.352 e. The average molecular weight is 222 g/mol. The van der Waals surface area contributed by atoms with Crippen molar-refractivity contribution in [2.24, 2.45) is 0 Å². The second-order valence-corrected chi connectivity index (χ2v) is 3.55. The standard InChI is InChI=1S/C11H8ClNO2/c12-9-3-1-2-7(4-9)8-5-10(11(14)15)13-6-8/h1-6,13H,(H,14,15). The van der Waals surface area contributed by atoms with E-state index in [9.17, 15) is 4.79 Å². The molecule has 0 spiro atoms. The van der Waals surface area contributed by atoms with Crippen LogP contribution in [-0.2, 0) is 0 Å². The molecule has 1 aromatic carbocycles. The van der Waals surface area contributed by atoms with Crippen LogP contribution in [0.3, 0.4) is 0 Å². The van der Waals surface area contributed by atoms with Gasteiger partial charge in [0.25, 0.3) is 0 Å². The molecule has 2 aromatic rings. The first-order valence-corrected chi connectivity index (χ1v) is 4.72. The third-order valence-corrected chi connectivity index (χ3v) is 2.31. The van der Waals surface area contributed by atoms with Crippen molar-refractivity contribution in [3.8, 4) is 11.1 Å². The highest BCUT2D eigenvalue weighted by molar-refractivity contribution is 6.30. The summed E-state index contributed by atoms with van der Waals surface area (Å²) >= 11 is 5.84. The lowest BCUT2D eigenvalue weighted by Crippen LogP contribution is -1.94. The van der Waals surface area contributed by atoms with Crippen LogP contribution in [0.5, 0.6) is 0 Å². The van der Waals surface area contributed by atoms with E-state index in [-0.39, 0.29) is 5.69 Å². The molecule has 0 aliphatic heterocycles. The molecule has 2 N–H and O–H groups in total. The van der Waals surface area contributed by atoms with Gasteiger partial charge in [-0.05, 0) is 23.8 Å². The van der Waals surface area contributed by atoms with E-state index in [4.69, 9.17) is 16.7 Å². The van der Waals surface area contributed by atoms with Crippen molar-refractivity contribution in [1.29, 1.82) is 0 Å². The molecule has 0 aliphatic carbocycles. The van der Waals surface area contributed by atoms with Crippen LogP contribution in [0.2, 0.25) is 5.02 Å². The highest BCUT2D eigenvalue weighted by Gasteiger charge is 2.07. The summed E-state index contributed by atoms with van der Waals surface area (Å²) in [6, 6.07) is 8.84. The molecule has 0 fully saturated rings. The van der Waals surface area contributed by atoms with Crippen LogP contribution in [0.15, 0.2) is 36.5 Å². The number of rotatable bonds is 2. The summed E-state index contributed by atoms with van der Waals surface area (Å²) in [7, 11) is 0. The van der Waals surface area contributed by atoms with Gasteiger partial charge in [0.1, 0.15) is 5.69 Å². The molecule has 0 atom stereocenters. The van der Waals surface area contributed by atoms with Gasteiger partial charge in [-0.25, -0.2) is 4.79 Å². The number of aromatic carboxylic acids is 1. The summed E-state index contributed by atoms with van der Waals surface area (Å²) in [6.07, 6.45) is 1.65. The highest BCUT2D eigenvalue weighted by Crippen LogP contribution is 2.23. The van der Waals surface area contributed by atoms with Crippen molar-refractivity contribution in [2.45, 2.75) is 0 Å². The predicted octanol–water partition coefficient (Wildman–Crippen LogP) is 3.03. The lowest BCUT2D eigenvalue weighted by atomic mass is 10.1. The van der Waals surface area contributed by atoms with Gasteiger partial charge in [-0.15, -0.1) is 0 Å².